The zero-order chi connectivity index (χ0) is 14.8. The molecule has 3 rings (SSSR count). The Morgan fingerprint density at radius 3 is 3.00 bits per heavy atom. The summed E-state index contributed by atoms with van der Waals surface area (Å²) >= 11 is 0. The van der Waals surface area contributed by atoms with E-state index in [0.717, 1.165) is 19.4 Å². The van der Waals surface area contributed by atoms with E-state index in [2.05, 4.69) is 4.90 Å². The number of halogens is 1. The number of benzene rings is 1. The molecule has 0 spiro atoms. The largest absolute Gasteiger partial charge is 0.393 e. The molecule has 0 radical (unpaired) electrons. The maximum absolute atomic E-state index is 13.8. The van der Waals surface area contributed by atoms with E-state index in [1.54, 1.807) is 12.1 Å². The van der Waals surface area contributed by atoms with Crippen molar-refractivity contribution in [3.63, 3.8) is 0 Å². The summed E-state index contributed by atoms with van der Waals surface area (Å²) in [6.45, 7) is 1.90. The average Bonchev–Trinajstić information content (AvgIpc) is 2.96. The lowest BCUT2D eigenvalue weighted by atomic mass is 9.89. The van der Waals surface area contributed by atoms with E-state index in [1.165, 1.54) is 6.07 Å². The van der Waals surface area contributed by atoms with Crippen molar-refractivity contribution < 1.29 is 14.2 Å². The molecule has 0 unspecified atom stereocenters. The molecule has 21 heavy (non-hydrogen) atoms. The Kier molecular flexibility index (Phi) is 4.09. The van der Waals surface area contributed by atoms with Gasteiger partial charge in [-0.15, -0.1) is 0 Å². The Morgan fingerprint density at radius 2 is 2.24 bits per heavy atom. The lowest BCUT2D eigenvalue weighted by Gasteiger charge is -2.38. The molecular weight excluding hydrogens is 271 g/mol. The molecule has 2 aliphatic heterocycles. The zero-order valence-corrected chi connectivity index (χ0v) is 11.8. The Balaban J connectivity index is 1.91. The van der Waals surface area contributed by atoms with Crippen LogP contribution in [-0.4, -0.2) is 37.0 Å². The first-order chi connectivity index (χ1) is 10.2. The minimum Gasteiger partial charge on any atom is -0.393 e. The van der Waals surface area contributed by atoms with Gasteiger partial charge in [0.1, 0.15) is 17.4 Å². The predicted molar refractivity (Wildman–Crippen MR) is 76.4 cm³/mol. The van der Waals surface area contributed by atoms with Crippen molar-refractivity contribution in [2.45, 2.75) is 31.4 Å². The maximum Gasteiger partial charge on any atom is 0.143 e. The number of nitriles is 1. The normalized spacial score (nSPS) is 29.4. The molecule has 112 valence electrons. The van der Waals surface area contributed by atoms with Crippen molar-refractivity contribution in [3.8, 4) is 6.07 Å². The van der Waals surface area contributed by atoms with Gasteiger partial charge in [-0.25, -0.2) is 4.39 Å². The minimum atomic E-state index is -0.485. The molecular formula is C16H19FN2O2. The van der Waals surface area contributed by atoms with Crippen LogP contribution < -0.4 is 4.90 Å². The second kappa shape index (κ2) is 6.00. The number of ether oxygens (including phenoxy) is 1. The lowest BCUT2D eigenvalue weighted by Crippen LogP contribution is -2.46. The summed E-state index contributed by atoms with van der Waals surface area (Å²) in [6, 6.07) is 6.80. The first-order valence-corrected chi connectivity index (χ1v) is 7.43. The topological polar surface area (TPSA) is 56.5 Å². The Morgan fingerprint density at radius 1 is 1.38 bits per heavy atom. The fraction of sp³-hybridized carbons (Fsp3) is 0.562. The third-order valence-corrected chi connectivity index (χ3v) is 4.57. The molecule has 2 aliphatic rings. The van der Waals surface area contributed by atoms with Crippen molar-refractivity contribution >= 4 is 5.69 Å². The van der Waals surface area contributed by atoms with Gasteiger partial charge in [-0.05, 0) is 31.4 Å². The van der Waals surface area contributed by atoms with Gasteiger partial charge in [-0.1, -0.05) is 6.07 Å². The zero-order valence-electron chi connectivity index (χ0n) is 11.8. The molecule has 0 amide bonds. The van der Waals surface area contributed by atoms with Gasteiger partial charge in [0.25, 0.3) is 0 Å². The Bertz CT molecular complexity index is 558. The first kappa shape index (κ1) is 14.3. The standard InChI is InChI=1S/C16H19FN2O2/c17-13-3-1-4-14(11(13)9-18)19-7-2-5-15(19)12-10-21-8-6-16(12)20/h1,3-4,12,15-16,20H,2,5-8,10H2/t12-,15+,16+/m0/s1. The van der Waals surface area contributed by atoms with Crippen molar-refractivity contribution in [2.75, 3.05) is 24.7 Å². The van der Waals surface area contributed by atoms with E-state index in [0.29, 0.717) is 25.3 Å². The molecule has 2 fully saturated rings. The van der Waals surface area contributed by atoms with Gasteiger partial charge in [-0.3, -0.25) is 0 Å². The van der Waals surface area contributed by atoms with E-state index in [9.17, 15) is 14.8 Å². The highest BCUT2D eigenvalue weighted by molar-refractivity contribution is 5.61. The van der Waals surface area contributed by atoms with Crippen LogP contribution in [0.4, 0.5) is 10.1 Å². The summed E-state index contributed by atoms with van der Waals surface area (Å²) in [5.41, 5.74) is 0.730. The number of aliphatic hydroxyl groups excluding tert-OH is 1. The van der Waals surface area contributed by atoms with Gasteiger partial charge in [0, 0.05) is 25.1 Å². The molecule has 0 aromatic heterocycles. The summed E-state index contributed by atoms with van der Waals surface area (Å²) in [6.07, 6.45) is 2.17. The van der Waals surface area contributed by atoms with Crippen LogP contribution in [0.3, 0.4) is 0 Å². The van der Waals surface area contributed by atoms with Crippen molar-refractivity contribution in [2.24, 2.45) is 5.92 Å². The fourth-order valence-corrected chi connectivity index (χ4v) is 3.52. The molecule has 0 saturated carbocycles. The van der Waals surface area contributed by atoms with E-state index in [4.69, 9.17) is 4.74 Å². The fourth-order valence-electron chi connectivity index (χ4n) is 3.52. The monoisotopic (exact) mass is 290 g/mol. The average molecular weight is 290 g/mol. The van der Waals surface area contributed by atoms with E-state index >= 15 is 0 Å². The highest BCUT2D eigenvalue weighted by Gasteiger charge is 2.38. The van der Waals surface area contributed by atoms with E-state index in [-0.39, 0.29) is 23.6 Å². The highest BCUT2D eigenvalue weighted by Crippen LogP contribution is 2.35. The number of anilines is 1. The molecule has 3 atom stereocenters. The summed E-state index contributed by atoms with van der Waals surface area (Å²) < 4.78 is 19.3. The number of aliphatic hydroxyl groups is 1. The van der Waals surface area contributed by atoms with Crippen LogP contribution in [0.2, 0.25) is 0 Å². The molecule has 4 nitrogen and oxygen atoms in total. The van der Waals surface area contributed by atoms with Crippen molar-refractivity contribution in [3.05, 3.63) is 29.6 Å². The number of hydrogen-bond donors (Lipinski definition) is 1. The van der Waals surface area contributed by atoms with Crippen LogP contribution in [0.1, 0.15) is 24.8 Å². The summed E-state index contributed by atoms with van der Waals surface area (Å²) in [7, 11) is 0. The SMILES string of the molecule is N#Cc1c(F)cccc1N1CCC[C@@H]1[C@@H]1COCC[C@H]1O. The van der Waals surface area contributed by atoms with E-state index < -0.39 is 5.82 Å². The van der Waals surface area contributed by atoms with Crippen LogP contribution in [-0.2, 0) is 4.74 Å². The van der Waals surface area contributed by atoms with E-state index in [1.807, 2.05) is 6.07 Å². The molecule has 1 N–H and O–H groups in total. The number of nitrogens with zero attached hydrogens (tertiary/aromatic N) is 2. The van der Waals surface area contributed by atoms with Gasteiger partial charge >= 0.3 is 0 Å². The Hall–Kier alpha value is -1.64. The lowest BCUT2D eigenvalue weighted by molar-refractivity contribution is -0.0437. The minimum absolute atomic E-state index is 0.0241. The molecule has 0 aliphatic carbocycles. The smallest absolute Gasteiger partial charge is 0.143 e. The van der Waals surface area contributed by atoms with Crippen LogP contribution in [0.5, 0.6) is 0 Å². The van der Waals surface area contributed by atoms with Gasteiger partial charge in [-0.2, -0.15) is 5.26 Å². The van der Waals surface area contributed by atoms with Crippen LogP contribution in [0.15, 0.2) is 18.2 Å². The van der Waals surface area contributed by atoms with Crippen LogP contribution in [0.25, 0.3) is 0 Å². The molecule has 2 saturated heterocycles. The van der Waals surface area contributed by atoms with Gasteiger partial charge in [0.15, 0.2) is 0 Å². The second-order valence-corrected chi connectivity index (χ2v) is 5.74. The predicted octanol–water partition coefficient (Wildman–Crippen LogP) is 2.06. The summed E-state index contributed by atoms with van der Waals surface area (Å²) in [5, 5.41) is 19.4. The third-order valence-electron chi connectivity index (χ3n) is 4.57. The van der Waals surface area contributed by atoms with Crippen LogP contribution >= 0.6 is 0 Å². The summed E-state index contributed by atoms with van der Waals surface area (Å²) in [4.78, 5) is 2.07. The molecule has 1 aromatic carbocycles. The van der Waals surface area contributed by atoms with Crippen molar-refractivity contribution in [1.82, 2.24) is 0 Å². The second-order valence-electron chi connectivity index (χ2n) is 5.74. The molecule has 0 bridgehead atoms. The molecule has 5 heteroatoms. The molecule has 2 heterocycles. The third kappa shape index (κ3) is 2.61. The highest BCUT2D eigenvalue weighted by atomic mass is 19.1. The maximum atomic E-state index is 13.8. The Labute approximate surface area is 123 Å². The van der Waals surface area contributed by atoms with Gasteiger partial charge < -0.3 is 14.7 Å². The van der Waals surface area contributed by atoms with Crippen LogP contribution in [0, 0.1) is 23.1 Å². The summed E-state index contributed by atoms with van der Waals surface area (Å²) in [5.74, 6) is -0.461. The first-order valence-electron chi connectivity index (χ1n) is 7.43. The van der Waals surface area contributed by atoms with Gasteiger partial charge in [0.2, 0.25) is 0 Å². The van der Waals surface area contributed by atoms with Gasteiger partial charge in [0.05, 0.1) is 18.4 Å². The number of hydrogen-bond acceptors (Lipinski definition) is 4. The number of rotatable bonds is 2. The van der Waals surface area contributed by atoms with Crippen molar-refractivity contribution in [1.29, 1.82) is 5.26 Å². The quantitative estimate of drug-likeness (QED) is 0.906. The molecule has 1 aromatic rings.